The fourth-order valence-electron chi connectivity index (χ4n) is 0.703. The van der Waals surface area contributed by atoms with Crippen LogP contribution in [0.2, 0.25) is 0 Å². The molecule has 2 atom stereocenters. The van der Waals surface area contributed by atoms with Crippen LogP contribution in [0.3, 0.4) is 0 Å². The van der Waals surface area contributed by atoms with Crippen molar-refractivity contribution in [3.8, 4) is 11.8 Å². The summed E-state index contributed by atoms with van der Waals surface area (Å²) in [5.41, 5.74) is -0.191. The number of ether oxygens (including phenoxy) is 1. The molecule has 0 saturated heterocycles. The van der Waals surface area contributed by atoms with E-state index in [1.165, 1.54) is 7.11 Å². The van der Waals surface area contributed by atoms with Gasteiger partial charge in [0.05, 0.1) is 18.9 Å². The van der Waals surface area contributed by atoms with Gasteiger partial charge in [-0.15, -0.1) is 5.92 Å². The molecule has 3 nitrogen and oxygen atoms in total. The number of rotatable bonds is 3. The van der Waals surface area contributed by atoms with E-state index in [4.69, 9.17) is 0 Å². The molecule has 0 radical (unpaired) electrons. The summed E-state index contributed by atoms with van der Waals surface area (Å²) in [5, 5.41) is 0. The van der Waals surface area contributed by atoms with Crippen molar-refractivity contribution < 1.29 is 14.1 Å². The molecule has 0 saturated carbocycles. The van der Waals surface area contributed by atoms with Crippen molar-refractivity contribution in [1.29, 1.82) is 0 Å². The highest BCUT2D eigenvalue weighted by molar-refractivity contribution is 7.46. The first-order valence-electron chi connectivity index (χ1n) is 4.19. The van der Waals surface area contributed by atoms with Crippen LogP contribution in [0.4, 0.5) is 0 Å². The molecule has 0 amide bonds. The van der Waals surface area contributed by atoms with Gasteiger partial charge >= 0.3 is 5.97 Å². The SMILES string of the molecule is CCC#CC(C)[PH](=O)CC(=O)OC. The van der Waals surface area contributed by atoms with E-state index in [1.807, 2.05) is 6.92 Å². The summed E-state index contributed by atoms with van der Waals surface area (Å²) in [6, 6.07) is 0. The minimum Gasteiger partial charge on any atom is -0.469 e. The summed E-state index contributed by atoms with van der Waals surface area (Å²) in [6.45, 7) is 3.70. The molecule has 0 aromatic heterocycles. The number of hydrogen-bond donors (Lipinski definition) is 0. The summed E-state index contributed by atoms with van der Waals surface area (Å²) in [6.07, 6.45) is 0.748. The maximum absolute atomic E-state index is 11.4. The molecule has 0 rings (SSSR count). The zero-order valence-electron chi connectivity index (χ0n) is 8.22. The molecule has 0 aliphatic rings. The fraction of sp³-hybridized carbons (Fsp3) is 0.667. The lowest BCUT2D eigenvalue weighted by atomic mass is 10.4. The van der Waals surface area contributed by atoms with Gasteiger partial charge in [-0.05, 0) is 6.92 Å². The number of hydrogen-bond acceptors (Lipinski definition) is 3. The Morgan fingerprint density at radius 2 is 2.23 bits per heavy atom. The van der Waals surface area contributed by atoms with Crippen molar-refractivity contribution in [3.05, 3.63) is 0 Å². The molecular weight excluding hydrogens is 187 g/mol. The Balaban J connectivity index is 4.04. The molecule has 13 heavy (non-hydrogen) atoms. The molecule has 4 heteroatoms. The Hall–Kier alpha value is -0.740. The van der Waals surface area contributed by atoms with Gasteiger partial charge in [-0.1, -0.05) is 12.8 Å². The molecular formula is C9H15O3P. The fourth-order valence-corrected chi connectivity index (χ4v) is 1.70. The molecule has 0 aliphatic heterocycles. The van der Waals surface area contributed by atoms with E-state index < -0.39 is 13.8 Å². The molecule has 0 spiro atoms. The molecule has 0 aromatic rings. The highest BCUT2D eigenvalue weighted by Gasteiger charge is 2.12. The molecule has 0 fully saturated rings. The predicted octanol–water partition coefficient (Wildman–Crippen LogP) is 1.52. The minimum absolute atomic E-state index is 0.000722. The monoisotopic (exact) mass is 202 g/mol. The van der Waals surface area contributed by atoms with Crippen LogP contribution < -0.4 is 0 Å². The molecule has 0 heterocycles. The Labute approximate surface area is 79.6 Å². The van der Waals surface area contributed by atoms with Crippen molar-refractivity contribution in [3.63, 3.8) is 0 Å². The van der Waals surface area contributed by atoms with Crippen LogP contribution in [0.25, 0.3) is 0 Å². The minimum atomic E-state index is -1.95. The average molecular weight is 202 g/mol. The number of carbonyl (C=O) groups is 1. The van der Waals surface area contributed by atoms with E-state index >= 15 is 0 Å². The molecule has 74 valence electrons. The molecule has 0 N–H and O–H groups in total. The second kappa shape index (κ2) is 6.74. The van der Waals surface area contributed by atoms with E-state index in [0.717, 1.165) is 6.42 Å². The summed E-state index contributed by atoms with van der Waals surface area (Å²) in [7, 11) is -0.658. The van der Waals surface area contributed by atoms with Gasteiger partial charge in [-0.25, -0.2) is 0 Å². The topological polar surface area (TPSA) is 43.4 Å². The van der Waals surface area contributed by atoms with Crippen LogP contribution >= 0.6 is 7.80 Å². The lowest BCUT2D eigenvalue weighted by Crippen LogP contribution is -2.06. The molecule has 2 unspecified atom stereocenters. The summed E-state index contributed by atoms with van der Waals surface area (Å²) in [4.78, 5) is 10.8. The number of esters is 1. The lowest BCUT2D eigenvalue weighted by molar-refractivity contribution is -0.137. The molecule has 0 aliphatic carbocycles. The molecule has 0 aromatic carbocycles. The van der Waals surface area contributed by atoms with E-state index in [0.29, 0.717) is 0 Å². The Bertz CT molecular complexity index is 249. The number of methoxy groups -OCH3 is 1. The summed E-state index contributed by atoms with van der Waals surface area (Å²) < 4.78 is 15.8. The first-order valence-corrected chi connectivity index (χ1v) is 5.89. The van der Waals surface area contributed by atoms with Crippen molar-refractivity contribution in [2.75, 3.05) is 13.3 Å². The second-order valence-electron chi connectivity index (χ2n) is 2.62. The smallest absolute Gasteiger partial charge is 0.312 e. The maximum atomic E-state index is 11.4. The first kappa shape index (κ1) is 12.3. The van der Waals surface area contributed by atoms with Crippen molar-refractivity contribution in [2.24, 2.45) is 0 Å². The van der Waals surface area contributed by atoms with Crippen LogP contribution in [-0.4, -0.2) is 24.9 Å². The zero-order valence-corrected chi connectivity index (χ0v) is 9.22. The van der Waals surface area contributed by atoms with E-state index in [1.54, 1.807) is 6.92 Å². The van der Waals surface area contributed by atoms with E-state index in [-0.39, 0.29) is 11.8 Å². The largest absolute Gasteiger partial charge is 0.469 e. The van der Waals surface area contributed by atoms with Gasteiger partial charge in [0, 0.05) is 6.42 Å². The Kier molecular flexibility index (Phi) is 6.36. The van der Waals surface area contributed by atoms with Gasteiger partial charge in [0.15, 0.2) is 0 Å². The number of carbonyl (C=O) groups excluding carboxylic acids is 1. The van der Waals surface area contributed by atoms with Gasteiger partial charge in [0.2, 0.25) is 0 Å². The average Bonchev–Trinajstić information content (AvgIpc) is 2.13. The van der Waals surface area contributed by atoms with Crippen LogP contribution in [0.5, 0.6) is 0 Å². The van der Waals surface area contributed by atoms with Crippen LogP contribution in [-0.2, 0) is 14.1 Å². The van der Waals surface area contributed by atoms with Crippen LogP contribution in [0, 0.1) is 11.8 Å². The lowest BCUT2D eigenvalue weighted by Gasteiger charge is -2.02. The van der Waals surface area contributed by atoms with E-state index in [9.17, 15) is 9.36 Å². The summed E-state index contributed by atoms with van der Waals surface area (Å²) >= 11 is 0. The highest BCUT2D eigenvalue weighted by Crippen LogP contribution is 2.26. The van der Waals surface area contributed by atoms with Gasteiger partial charge in [0.1, 0.15) is 7.80 Å². The zero-order chi connectivity index (χ0) is 10.3. The van der Waals surface area contributed by atoms with Crippen LogP contribution in [0.15, 0.2) is 0 Å². The van der Waals surface area contributed by atoms with E-state index in [2.05, 4.69) is 16.6 Å². The molecule has 0 bridgehead atoms. The van der Waals surface area contributed by atoms with Gasteiger partial charge in [-0.3, -0.25) is 4.79 Å². The van der Waals surface area contributed by atoms with Crippen molar-refractivity contribution in [2.45, 2.75) is 25.9 Å². The van der Waals surface area contributed by atoms with Gasteiger partial charge < -0.3 is 9.30 Å². The standard InChI is InChI=1S/C9H15O3P/c1-4-5-6-8(2)13(11)7-9(10)12-3/h8,13H,4,7H2,1-3H3. The Morgan fingerprint density at radius 3 is 2.69 bits per heavy atom. The highest BCUT2D eigenvalue weighted by atomic mass is 31.1. The normalized spacial score (nSPS) is 13.8. The third kappa shape index (κ3) is 5.49. The second-order valence-corrected chi connectivity index (χ2v) is 4.77. The van der Waals surface area contributed by atoms with Gasteiger partial charge in [-0.2, -0.15) is 0 Å². The maximum Gasteiger partial charge on any atom is 0.312 e. The Morgan fingerprint density at radius 1 is 1.62 bits per heavy atom. The van der Waals surface area contributed by atoms with Gasteiger partial charge in [0.25, 0.3) is 0 Å². The van der Waals surface area contributed by atoms with Crippen molar-refractivity contribution >= 4 is 13.8 Å². The third-order valence-electron chi connectivity index (χ3n) is 1.52. The van der Waals surface area contributed by atoms with Crippen LogP contribution in [0.1, 0.15) is 20.3 Å². The van der Waals surface area contributed by atoms with Crippen molar-refractivity contribution in [1.82, 2.24) is 0 Å². The third-order valence-corrected chi connectivity index (χ3v) is 3.27. The first-order chi connectivity index (χ1) is 6.11. The predicted molar refractivity (Wildman–Crippen MR) is 53.4 cm³/mol. The summed E-state index contributed by atoms with van der Waals surface area (Å²) in [5.74, 6) is 5.26. The quantitative estimate of drug-likeness (QED) is 0.396.